The Morgan fingerprint density at radius 2 is 1.24 bits per heavy atom. The van der Waals surface area contributed by atoms with Gasteiger partial charge < -0.3 is 4.43 Å². The maximum Gasteiger partial charge on any atom is 0.192 e. The number of alkyl halides is 1. The van der Waals surface area contributed by atoms with Crippen LogP contribution in [0.4, 0.5) is 0 Å². The Hall–Kier alpha value is 0.907. The van der Waals surface area contributed by atoms with Crippen molar-refractivity contribution in [3.05, 3.63) is 0 Å². The molecule has 0 atom stereocenters. The number of rotatable bonds is 12. The summed E-state index contributed by atoms with van der Waals surface area (Å²) in [5.41, 5.74) is 0. The second-order valence-corrected chi connectivity index (χ2v) is 10.3. The monoisotopic (exact) mass is 370 g/mol. The van der Waals surface area contributed by atoms with Crippen LogP contribution in [0.5, 0.6) is 0 Å². The second-order valence-electron chi connectivity index (χ2n) is 5.03. The van der Waals surface area contributed by atoms with E-state index in [0.29, 0.717) is 0 Å². The number of halogens is 1. The molecule has 0 saturated carbocycles. The molecule has 0 spiro atoms. The van der Waals surface area contributed by atoms with Gasteiger partial charge in [-0.05, 0) is 18.1 Å². The van der Waals surface area contributed by atoms with Crippen LogP contribution >= 0.6 is 22.6 Å². The maximum absolute atomic E-state index is 6.42. The first-order valence-electron chi connectivity index (χ1n) is 7.44. The molecule has 0 rings (SSSR count). The highest BCUT2D eigenvalue weighted by molar-refractivity contribution is 14.1. The first kappa shape index (κ1) is 17.9. The van der Waals surface area contributed by atoms with Crippen molar-refractivity contribution in [1.29, 1.82) is 0 Å². The van der Waals surface area contributed by atoms with E-state index >= 15 is 0 Å². The molecule has 0 heterocycles. The Morgan fingerprint density at radius 3 is 1.53 bits per heavy atom. The van der Waals surface area contributed by atoms with E-state index in [4.69, 9.17) is 4.43 Å². The molecule has 17 heavy (non-hydrogen) atoms. The summed E-state index contributed by atoms with van der Waals surface area (Å²) in [6.45, 7) is 7.90. The van der Waals surface area contributed by atoms with E-state index in [2.05, 4.69) is 43.4 Å². The van der Waals surface area contributed by atoms with Crippen LogP contribution in [0, 0.1) is 0 Å². The van der Waals surface area contributed by atoms with Gasteiger partial charge in [-0.1, -0.05) is 81.9 Å². The van der Waals surface area contributed by atoms with Gasteiger partial charge in [-0.15, -0.1) is 0 Å². The lowest BCUT2D eigenvalue weighted by atomic mass is 10.4. The molecule has 0 amide bonds. The first-order chi connectivity index (χ1) is 8.24. The highest BCUT2D eigenvalue weighted by Gasteiger charge is 2.32. The van der Waals surface area contributed by atoms with Crippen molar-refractivity contribution < 1.29 is 4.43 Å². The fourth-order valence-corrected chi connectivity index (χ4v) is 7.69. The summed E-state index contributed by atoms with van der Waals surface area (Å²) >= 11 is 2.44. The summed E-state index contributed by atoms with van der Waals surface area (Å²) in [6, 6.07) is 4.21. The Kier molecular flexibility index (Phi) is 12.6. The molecule has 0 aliphatic heterocycles. The molecule has 1 nitrogen and oxygen atoms in total. The average Bonchev–Trinajstić information content (AvgIpc) is 2.37. The van der Waals surface area contributed by atoms with Gasteiger partial charge in [0.2, 0.25) is 0 Å². The summed E-state index contributed by atoms with van der Waals surface area (Å²) in [5, 5.41) is 0. The zero-order valence-corrected chi connectivity index (χ0v) is 15.2. The molecule has 0 saturated heterocycles. The van der Waals surface area contributed by atoms with Crippen molar-refractivity contribution in [2.45, 2.75) is 77.4 Å². The topological polar surface area (TPSA) is 9.23 Å². The van der Waals surface area contributed by atoms with Crippen LogP contribution in [0.1, 0.15) is 59.3 Å². The van der Waals surface area contributed by atoms with Crippen LogP contribution in [0.2, 0.25) is 18.1 Å². The lowest BCUT2D eigenvalue weighted by molar-refractivity contribution is 0.320. The van der Waals surface area contributed by atoms with Crippen molar-refractivity contribution in [2.75, 3.05) is 11.0 Å². The van der Waals surface area contributed by atoms with E-state index in [1.54, 1.807) is 0 Å². The van der Waals surface area contributed by atoms with E-state index in [9.17, 15) is 0 Å². The van der Waals surface area contributed by atoms with Crippen molar-refractivity contribution in [3.63, 3.8) is 0 Å². The standard InChI is InChI=1S/C14H31IOSi/c1-4-7-12-17(13-8-5-2,14-9-6-3)16-11-10-15/h4-14H2,1-3H3. The average molecular weight is 370 g/mol. The van der Waals surface area contributed by atoms with Crippen LogP contribution in [-0.2, 0) is 4.43 Å². The zero-order valence-electron chi connectivity index (χ0n) is 12.1. The third-order valence-corrected chi connectivity index (χ3v) is 8.49. The predicted octanol–water partition coefficient (Wildman–Crippen LogP) is 5.78. The quantitative estimate of drug-likeness (QED) is 0.240. The van der Waals surface area contributed by atoms with Gasteiger partial charge in [0.05, 0.1) is 0 Å². The predicted molar refractivity (Wildman–Crippen MR) is 89.7 cm³/mol. The van der Waals surface area contributed by atoms with Crippen LogP contribution in [-0.4, -0.2) is 19.4 Å². The molecule has 3 heteroatoms. The van der Waals surface area contributed by atoms with Gasteiger partial charge in [0.15, 0.2) is 8.32 Å². The third kappa shape index (κ3) is 8.60. The van der Waals surface area contributed by atoms with Gasteiger partial charge >= 0.3 is 0 Å². The molecule has 0 aliphatic rings. The number of hydrogen-bond acceptors (Lipinski definition) is 1. The van der Waals surface area contributed by atoms with Crippen LogP contribution in [0.3, 0.4) is 0 Å². The highest BCUT2D eigenvalue weighted by atomic mass is 127. The van der Waals surface area contributed by atoms with Gasteiger partial charge in [0.1, 0.15) is 0 Å². The first-order valence-corrected chi connectivity index (χ1v) is 11.5. The highest BCUT2D eigenvalue weighted by Crippen LogP contribution is 2.29. The van der Waals surface area contributed by atoms with Gasteiger partial charge in [0, 0.05) is 11.0 Å². The minimum absolute atomic E-state index is 0.990. The van der Waals surface area contributed by atoms with Crippen molar-refractivity contribution in [3.8, 4) is 0 Å². The Morgan fingerprint density at radius 1 is 0.824 bits per heavy atom. The van der Waals surface area contributed by atoms with E-state index in [1.165, 1.54) is 56.7 Å². The molecule has 0 N–H and O–H groups in total. The fraction of sp³-hybridized carbons (Fsp3) is 1.00. The van der Waals surface area contributed by atoms with Gasteiger partial charge in [-0.2, -0.15) is 0 Å². The van der Waals surface area contributed by atoms with Gasteiger partial charge in [-0.25, -0.2) is 0 Å². The molecule has 0 aromatic carbocycles. The molecule has 0 aromatic heterocycles. The lowest BCUT2D eigenvalue weighted by Crippen LogP contribution is -2.38. The van der Waals surface area contributed by atoms with Crippen LogP contribution in [0.25, 0.3) is 0 Å². The maximum atomic E-state index is 6.42. The summed E-state index contributed by atoms with van der Waals surface area (Å²) in [5.74, 6) is 0. The van der Waals surface area contributed by atoms with Gasteiger partial charge in [0.25, 0.3) is 0 Å². The fourth-order valence-electron chi connectivity index (χ4n) is 2.34. The zero-order chi connectivity index (χ0) is 13.0. The smallest absolute Gasteiger partial charge is 0.192 e. The molecule has 0 unspecified atom stereocenters. The van der Waals surface area contributed by atoms with E-state index in [-0.39, 0.29) is 0 Å². The Labute approximate surface area is 123 Å². The molecule has 0 fully saturated rings. The molecule has 0 bridgehead atoms. The molecule has 0 aliphatic carbocycles. The molecular formula is C14H31IOSi. The second kappa shape index (κ2) is 12.0. The molecular weight excluding hydrogens is 339 g/mol. The SMILES string of the molecule is CCCC[Si](CCCC)(CCCC)OCCI. The van der Waals surface area contributed by atoms with Gasteiger partial charge in [-0.3, -0.25) is 0 Å². The summed E-state index contributed by atoms with van der Waals surface area (Å²) in [7, 11) is -1.38. The van der Waals surface area contributed by atoms with Crippen LogP contribution in [0.15, 0.2) is 0 Å². The van der Waals surface area contributed by atoms with E-state index in [0.717, 1.165) is 11.0 Å². The minimum atomic E-state index is -1.38. The Bertz CT molecular complexity index is 127. The molecule has 0 aromatic rings. The largest absolute Gasteiger partial charge is 0.416 e. The summed E-state index contributed by atoms with van der Waals surface area (Å²) in [4.78, 5) is 0. The van der Waals surface area contributed by atoms with Crippen molar-refractivity contribution in [1.82, 2.24) is 0 Å². The molecule has 104 valence electrons. The minimum Gasteiger partial charge on any atom is -0.416 e. The van der Waals surface area contributed by atoms with Crippen LogP contribution < -0.4 is 0 Å². The lowest BCUT2D eigenvalue weighted by Gasteiger charge is -2.31. The number of hydrogen-bond donors (Lipinski definition) is 0. The molecule has 0 radical (unpaired) electrons. The van der Waals surface area contributed by atoms with Crippen molar-refractivity contribution in [2.24, 2.45) is 0 Å². The van der Waals surface area contributed by atoms with E-state index in [1.807, 2.05) is 0 Å². The third-order valence-electron chi connectivity index (χ3n) is 3.44. The van der Waals surface area contributed by atoms with E-state index < -0.39 is 8.32 Å². The summed E-state index contributed by atoms with van der Waals surface area (Å²) in [6.07, 6.45) is 8.09. The van der Waals surface area contributed by atoms with Crippen molar-refractivity contribution >= 4 is 30.9 Å². The number of unbranched alkanes of at least 4 members (excludes halogenated alkanes) is 3. The summed E-state index contributed by atoms with van der Waals surface area (Å²) < 4.78 is 7.57. The normalized spacial score (nSPS) is 12.0. The Balaban J connectivity index is 4.39.